The summed E-state index contributed by atoms with van der Waals surface area (Å²) < 4.78 is 2.22. The highest BCUT2D eigenvalue weighted by Gasteiger charge is 1.92. The van der Waals surface area contributed by atoms with Crippen molar-refractivity contribution >= 4 is 37.8 Å². The quantitative estimate of drug-likeness (QED) is 0.786. The lowest BCUT2D eigenvalue weighted by molar-refractivity contribution is -0.137. The highest BCUT2D eigenvalue weighted by molar-refractivity contribution is 9.11. The van der Waals surface area contributed by atoms with Gasteiger partial charge in [-0.15, -0.1) is 0 Å². The Balaban J connectivity index is 0.000000281. The van der Waals surface area contributed by atoms with Crippen LogP contribution in [0, 0.1) is 0 Å². The van der Waals surface area contributed by atoms with Gasteiger partial charge in [-0.3, -0.25) is 4.79 Å². The lowest BCUT2D eigenvalue weighted by Gasteiger charge is -1.89. The van der Waals surface area contributed by atoms with Gasteiger partial charge in [0, 0.05) is 15.4 Å². The highest BCUT2D eigenvalue weighted by Crippen LogP contribution is 2.14. The minimum absolute atomic E-state index is 0.327. The fourth-order valence-electron chi connectivity index (χ4n) is 0.956. The topological polar surface area (TPSA) is 37.3 Å². The Morgan fingerprint density at radius 2 is 1.56 bits per heavy atom. The molecule has 0 unspecified atom stereocenters. The Hall–Kier alpha value is -0.350. The minimum atomic E-state index is -0.682. The molecule has 16 heavy (non-hydrogen) atoms. The van der Waals surface area contributed by atoms with E-state index in [0.717, 1.165) is 28.2 Å². The van der Waals surface area contributed by atoms with Gasteiger partial charge in [-0.2, -0.15) is 0 Å². The highest BCUT2D eigenvalue weighted by atomic mass is 79.9. The maximum atomic E-state index is 9.87. The van der Waals surface area contributed by atoms with Crippen molar-refractivity contribution in [1.82, 2.24) is 0 Å². The van der Waals surface area contributed by atoms with Gasteiger partial charge < -0.3 is 5.11 Å². The summed E-state index contributed by atoms with van der Waals surface area (Å²) in [6, 6.07) is 7.96. The standard InChI is InChI=1S/C6H4Br2.C6H12O2/c7-5-1-2-6(8)4-3-5;1-2-3-4-5-6(7)8/h1-4H;2-5H2,1H3,(H,7,8). The summed E-state index contributed by atoms with van der Waals surface area (Å²) in [6.45, 7) is 2.06. The smallest absolute Gasteiger partial charge is 0.303 e. The predicted molar refractivity (Wildman–Crippen MR) is 73.6 cm³/mol. The molecule has 4 heteroatoms. The summed E-state index contributed by atoms with van der Waals surface area (Å²) in [5.74, 6) is -0.682. The van der Waals surface area contributed by atoms with Crippen molar-refractivity contribution in [3.05, 3.63) is 33.2 Å². The van der Waals surface area contributed by atoms with E-state index in [1.807, 2.05) is 24.3 Å². The van der Waals surface area contributed by atoms with Gasteiger partial charge in [0.15, 0.2) is 0 Å². The molecule has 0 atom stereocenters. The monoisotopic (exact) mass is 350 g/mol. The average Bonchev–Trinajstić information content (AvgIpc) is 2.23. The number of hydrogen-bond acceptors (Lipinski definition) is 1. The lowest BCUT2D eigenvalue weighted by Crippen LogP contribution is -1.92. The van der Waals surface area contributed by atoms with Gasteiger partial charge in [0.2, 0.25) is 0 Å². The Bertz CT molecular complexity index is 275. The first-order chi connectivity index (χ1) is 7.56. The van der Waals surface area contributed by atoms with Crippen LogP contribution in [0.15, 0.2) is 33.2 Å². The molecule has 1 N–H and O–H groups in total. The van der Waals surface area contributed by atoms with Crippen molar-refractivity contribution in [3.8, 4) is 0 Å². The van der Waals surface area contributed by atoms with Gasteiger partial charge >= 0.3 is 5.97 Å². The maximum absolute atomic E-state index is 9.87. The third kappa shape index (κ3) is 10.2. The van der Waals surface area contributed by atoms with Crippen molar-refractivity contribution in [2.24, 2.45) is 0 Å². The van der Waals surface area contributed by atoms with E-state index in [2.05, 4.69) is 38.8 Å². The third-order valence-electron chi connectivity index (χ3n) is 1.80. The number of hydrogen-bond donors (Lipinski definition) is 1. The van der Waals surface area contributed by atoms with Gasteiger partial charge in [0.1, 0.15) is 0 Å². The molecule has 1 aromatic rings. The molecule has 0 spiro atoms. The molecule has 1 rings (SSSR count). The van der Waals surface area contributed by atoms with Crippen LogP contribution in [0.1, 0.15) is 32.6 Å². The Labute approximate surface area is 113 Å². The third-order valence-corrected chi connectivity index (χ3v) is 2.86. The molecule has 0 fully saturated rings. The van der Waals surface area contributed by atoms with Crippen molar-refractivity contribution in [1.29, 1.82) is 0 Å². The molecule has 90 valence electrons. The molecular formula is C12H16Br2O2. The molecule has 0 amide bonds. The number of carboxylic acids is 1. The summed E-state index contributed by atoms with van der Waals surface area (Å²) in [5.41, 5.74) is 0. The normalized spacial score (nSPS) is 9.19. The molecule has 0 bridgehead atoms. The summed E-state index contributed by atoms with van der Waals surface area (Å²) in [7, 11) is 0. The van der Waals surface area contributed by atoms with Gasteiger partial charge in [-0.25, -0.2) is 0 Å². The van der Waals surface area contributed by atoms with Crippen LogP contribution in [-0.4, -0.2) is 11.1 Å². The lowest BCUT2D eigenvalue weighted by atomic mass is 10.2. The van der Waals surface area contributed by atoms with Crippen LogP contribution in [0.5, 0.6) is 0 Å². The molecule has 0 saturated heterocycles. The zero-order valence-electron chi connectivity index (χ0n) is 9.25. The molecule has 0 aliphatic heterocycles. The first-order valence-corrected chi connectivity index (χ1v) is 6.77. The van der Waals surface area contributed by atoms with Gasteiger partial charge in [0.25, 0.3) is 0 Å². The van der Waals surface area contributed by atoms with Crippen LogP contribution in [0.25, 0.3) is 0 Å². The second-order valence-corrected chi connectivity index (χ2v) is 5.12. The molecular weight excluding hydrogens is 336 g/mol. The van der Waals surface area contributed by atoms with Crippen LogP contribution < -0.4 is 0 Å². The maximum Gasteiger partial charge on any atom is 0.303 e. The summed E-state index contributed by atoms with van der Waals surface area (Å²) in [5, 5.41) is 8.14. The number of halogens is 2. The zero-order chi connectivity index (χ0) is 12.4. The van der Waals surface area contributed by atoms with E-state index in [-0.39, 0.29) is 0 Å². The van der Waals surface area contributed by atoms with Crippen LogP contribution in [0.4, 0.5) is 0 Å². The second kappa shape index (κ2) is 9.85. The van der Waals surface area contributed by atoms with Gasteiger partial charge in [-0.1, -0.05) is 51.6 Å². The largest absolute Gasteiger partial charge is 0.481 e. The molecule has 0 aliphatic rings. The average molecular weight is 352 g/mol. The summed E-state index contributed by atoms with van der Waals surface area (Å²) in [6.07, 6.45) is 3.28. The van der Waals surface area contributed by atoms with Crippen molar-refractivity contribution in [3.63, 3.8) is 0 Å². The van der Waals surface area contributed by atoms with E-state index in [0.29, 0.717) is 6.42 Å². The summed E-state index contributed by atoms with van der Waals surface area (Å²) >= 11 is 6.65. The van der Waals surface area contributed by atoms with Gasteiger partial charge in [0.05, 0.1) is 0 Å². The van der Waals surface area contributed by atoms with E-state index < -0.39 is 5.97 Å². The van der Waals surface area contributed by atoms with E-state index in [9.17, 15) is 4.79 Å². The Kier molecular flexibility index (Phi) is 9.63. The number of aliphatic carboxylic acids is 1. The molecule has 0 radical (unpaired) electrons. The first kappa shape index (κ1) is 15.7. The number of carbonyl (C=O) groups is 1. The molecule has 2 nitrogen and oxygen atoms in total. The second-order valence-electron chi connectivity index (χ2n) is 3.29. The molecule has 0 aromatic heterocycles. The van der Waals surface area contributed by atoms with E-state index >= 15 is 0 Å². The Morgan fingerprint density at radius 1 is 1.12 bits per heavy atom. The molecule has 0 aliphatic carbocycles. The first-order valence-electron chi connectivity index (χ1n) is 5.19. The number of benzene rings is 1. The summed E-state index contributed by atoms with van der Waals surface area (Å²) in [4.78, 5) is 9.87. The fraction of sp³-hybridized carbons (Fsp3) is 0.417. The van der Waals surface area contributed by atoms with Crippen LogP contribution in [-0.2, 0) is 4.79 Å². The van der Waals surface area contributed by atoms with Crippen LogP contribution in [0.2, 0.25) is 0 Å². The molecule has 1 aromatic carbocycles. The Morgan fingerprint density at radius 3 is 1.88 bits per heavy atom. The van der Waals surface area contributed by atoms with Gasteiger partial charge in [-0.05, 0) is 30.7 Å². The minimum Gasteiger partial charge on any atom is -0.481 e. The predicted octanol–water partition coefficient (Wildman–Crippen LogP) is 4.86. The van der Waals surface area contributed by atoms with E-state index in [1.165, 1.54) is 0 Å². The number of unbranched alkanes of at least 4 members (excludes halogenated alkanes) is 2. The zero-order valence-corrected chi connectivity index (χ0v) is 12.4. The van der Waals surface area contributed by atoms with Crippen molar-refractivity contribution < 1.29 is 9.90 Å². The SMILES string of the molecule is Brc1ccc(Br)cc1.CCCCCC(=O)O. The van der Waals surface area contributed by atoms with E-state index in [4.69, 9.17) is 5.11 Å². The fourth-order valence-corrected chi connectivity index (χ4v) is 1.48. The molecule has 0 heterocycles. The molecule has 0 saturated carbocycles. The van der Waals surface area contributed by atoms with Crippen molar-refractivity contribution in [2.75, 3.05) is 0 Å². The number of carboxylic acid groups (broad SMARTS) is 1. The van der Waals surface area contributed by atoms with Crippen LogP contribution in [0.3, 0.4) is 0 Å². The number of rotatable bonds is 4. The van der Waals surface area contributed by atoms with Crippen LogP contribution >= 0.6 is 31.9 Å². The van der Waals surface area contributed by atoms with Crippen molar-refractivity contribution in [2.45, 2.75) is 32.6 Å². The van der Waals surface area contributed by atoms with E-state index in [1.54, 1.807) is 0 Å².